The van der Waals surface area contributed by atoms with Gasteiger partial charge in [-0.15, -0.1) is 0 Å². The quantitative estimate of drug-likeness (QED) is 0.796. The Kier molecular flexibility index (Phi) is 4.64. The number of nitrogens with one attached hydrogen (secondary N) is 1. The van der Waals surface area contributed by atoms with Crippen LogP contribution < -0.4 is 5.32 Å². The van der Waals surface area contributed by atoms with Crippen LogP contribution in [-0.2, 0) is 16.7 Å². The molecule has 1 aromatic rings. The number of ether oxygens (including phenoxy) is 1. The molecule has 3 rings (SSSR count). The van der Waals surface area contributed by atoms with Crippen molar-refractivity contribution in [2.75, 3.05) is 7.11 Å². The number of aromatic nitrogens is 1. The highest BCUT2D eigenvalue weighted by molar-refractivity contribution is 5.71. The molecule has 2 bridgehead atoms. The number of amides is 1. The zero-order chi connectivity index (χ0) is 15.9. The van der Waals surface area contributed by atoms with Crippen LogP contribution in [0.3, 0.4) is 0 Å². The molecular formula is C19H26N2O2. The minimum absolute atomic E-state index is 0. The molecule has 0 aliphatic heterocycles. The first-order chi connectivity index (χ1) is 10.5. The fourth-order valence-corrected chi connectivity index (χ4v) is 3.98. The number of aryl methyl sites for hydroxylation is 1. The monoisotopic (exact) mass is 314 g/mol. The molecule has 2 atom stereocenters. The summed E-state index contributed by atoms with van der Waals surface area (Å²) in [5, 5.41) is 3.11. The fourth-order valence-electron chi connectivity index (χ4n) is 3.98. The van der Waals surface area contributed by atoms with Crippen LogP contribution in [0.25, 0.3) is 0 Å². The summed E-state index contributed by atoms with van der Waals surface area (Å²) in [4.78, 5) is 16.7. The lowest BCUT2D eigenvalue weighted by Gasteiger charge is -2.47. The van der Waals surface area contributed by atoms with Crippen LogP contribution in [0.15, 0.2) is 35.4 Å². The Morgan fingerprint density at radius 3 is 2.83 bits per heavy atom. The second-order valence-electron chi connectivity index (χ2n) is 6.21. The summed E-state index contributed by atoms with van der Waals surface area (Å²) < 4.78 is 4.89. The molecule has 2 aliphatic rings. The molecular weight excluding hydrogens is 288 g/mol. The summed E-state index contributed by atoms with van der Waals surface area (Å²) in [6.45, 7) is 6.17. The van der Waals surface area contributed by atoms with E-state index in [0.717, 1.165) is 29.8 Å². The van der Waals surface area contributed by atoms with Crippen molar-refractivity contribution in [1.82, 2.24) is 10.3 Å². The Labute approximate surface area is 138 Å². The van der Waals surface area contributed by atoms with Gasteiger partial charge in [0.2, 0.25) is 0 Å². The number of hydrogen-bond acceptors (Lipinski definition) is 3. The molecule has 2 aliphatic carbocycles. The summed E-state index contributed by atoms with van der Waals surface area (Å²) in [7, 11) is 1.40. The van der Waals surface area contributed by atoms with Crippen LogP contribution in [0.4, 0.5) is 4.79 Å². The van der Waals surface area contributed by atoms with E-state index in [1.807, 2.05) is 19.9 Å². The van der Waals surface area contributed by atoms with Crippen LogP contribution >= 0.6 is 0 Å². The summed E-state index contributed by atoms with van der Waals surface area (Å²) in [6.07, 6.45) is 5.68. The van der Waals surface area contributed by atoms with Crippen LogP contribution in [-0.4, -0.2) is 18.2 Å². The van der Waals surface area contributed by atoms with Gasteiger partial charge in [-0.1, -0.05) is 31.2 Å². The maximum Gasteiger partial charge on any atom is 0.407 e. The lowest BCUT2D eigenvalue weighted by Crippen LogP contribution is -2.53. The smallest absolute Gasteiger partial charge is 0.407 e. The Bertz CT molecular complexity index is 691. The van der Waals surface area contributed by atoms with Gasteiger partial charge in [0.1, 0.15) is 0 Å². The third-order valence-corrected chi connectivity index (χ3v) is 4.72. The topological polar surface area (TPSA) is 51.2 Å². The van der Waals surface area contributed by atoms with Crippen LogP contribution in [0.1, 0.15) is 44.6 Å². The largest absolute Gasteiger partial charge is 0.453 e. The molecule has 0 saturated carbocycles. The lowest BCUT2D eigenvalue weighted by molar-refractivity contribution is 0.155. The molecule has 0 radical (unpaired) electrons. The zero-order valence-corrected chi connectivity index (χ0v) is 13.6. The molecule has 1 aromatic heterocycles. The van der Waals surface area contributed by atoms with Gasteiger partial charge in [-0.2, -0.15) is 0 Å². The summed E-state index contributed by atoms with van der Waals surface area (Å²) >= 11 is 0. The molecule has 0 saturated heterocycles. The summed E-state index contributed by atoms with van der Waals surface area (Å²) in [5.74, 6) is 0.290. The van der Waals surface area contributed by atoms with Gasteiger partial charge in [0.25, 0.3) is 0 Å². The van der Waals surface area contributed by atoms with Crippen molar-refractivity contribution in [3.63, 3.8) is 0 Å². The first-order valence-corrected chi connectivity index (χ1v) is 7.67. The Morgan fingerprint density at radius 1 is 1.43 bits per heavy atom. The fraction of sp³-hybridized carbons (Fsp3) is 0.474. The van der Waals surface area contributed by atoms with Crippen molar-refractivity contribution in [2.45, 2.75) is 46.6 Å². The highest BCUT2D eigenvalue weighted by atomic mass is 16.5. The summed E-state index contributed by atoms with van der Waals surface area (Å²) in [5.41, 5.74) is 5.19. The van der Waals surface area contributed by atoms with Gasteiger partial charge < -0.3 is 10.1 Å². The van der Waals surface area contributed by atoms with E-state index in [1.54, 1.807) is 0 Å². The first-order valence-electron chi connectivity index (χ1n) is 7.67. The molecule has 23 heavy (non-hydrogen) atoms. The zero-order valence-electron chi connectivity index (χ0n) is 13.6. The minimum atomic E-state index is -0.528. The Hall–Kier alpha value is -2.10. The van der Waals surface area contributed by atoms with Crippen molar-refractivity contribution in [2.24, 2.45) is 5.92 Å². The van der Waals surface area contributed by atoms with Gasteiger partial charge in [0.15, 0.2) is 0 Å². The van der Waals surface area contributed by atoms with Crippen molar-refractivity contribution in [1.29, 1.82) is 0 Å². The molecule has 1 amide bonds. The molecule has 0 spiro atoms. The van der Waals surface area contributed by atoms with Gasteiger partial charge in [-0.3, -0.25) is 4.98 Å². The minimum Gasteiger partial charge on any atom is -0.453 e. The summed E-state index contributed by atoms with van der Waals surface area (Å²) in [6, 6.07) is 4.12. The van der Waals surface area contributed by atoms with Gasteiger partial charge >= 0.3 is 6.09 Å². The average Bonchev–Trinajstić information content (AvgIpc) is 2.45. The number of methoxy groups -OCH3 is 1. The number of carbonyl (C=O) groups excluding carboxylic acids is 1. The van der Waals surface area contributed by atoms with E-state index in [2.05, 4.69) is 30.5 Å². The number of fused-ring (bicyclic) bond motifs is 4. The number of carbonyl (C=O) groups is 1. The first kappa shape index (κ1) is 17.3. The maximum absolute atomic E-state index is 12.0. The second-order valence-corrected chi connectivity index (χ2v) is 6.21. The van der Waals surface area contributed by atoms with Gasteiger partial charge in [-0.25, -0.2) is 4.79 Å². The van der Waals surface area contributed by atoms with Crippen LogP contribution in [0.2, 0.25) is 0 Å². The van der Waals surface area contributed by atoms with E-state index in [0.29, 0.717) is 0 Å². The molecule has 124 valence electrons. The van der Waals surface area contributed by atoms with E-state index in [-0.39, 0.29) is 13.3 Å². The van der Waals surface area contributed by atoms with Crippen molar-refractivity contribution in [3.8, 4) is 0 Å². The number of allylic oxidation sites excluding steroid dienone is 2. The number of rotatable bonds is 1. The molecule has 1 heterocycles. The van der Waals surface area contributed by atoms with E-state index in [4.69, 9.17) is 9.72 Å². The Morgan fingerprint density at radius 2 is 2.17 bits per heavy atom. The SMILES string of the molecule is C.C/C=C1\[C@H]2C=C(C)C[C@]1(NC(=O)OC)c1ccc(C)nc1C2. The molecule has 4 nitrogen and oxygen atoms in total. The standard InChI is InChI=1S/C18H22N2O2.CH4/c1-5-14-13-8-11(2)10-18(14,20-17(21)22-4)15-7-6-12(3)19-16(15)9-13;/h5-8,13H,9-10H2,1-4H3,(H,20,21);1H4/b14-5+;/t13-,18+;/m0./s1. The van der Waals surface area contributed by atoms with E-state index in [1.165, 1.54) is 18.3 Å². The number of hydrogen-bond donors (Lipinski definition) is 1. The van der Waals surface area contributed by atoms with Crippen LogP contribution in [0, 0.1) is 12.8 Å². The second kappa shape index (κ2) is 6.19. The predicted molar refractivity (Wildman–Crippen MR) is 92.2 cm³/mol. The van der Waals surface area contributed by atoms with Gasteiger partial charge in [-0.05, 0) is 38.8 Å². The van der Waals surface area contributed by atoms with Gasteiger partial charge in [0, 0.05) is 29.3 Å². The average molecular weight is 314 g/mol. The third-order valence-electron chi connectivity index (χ3n) is 4.72. The Balaban J connectivity index is 0.00000192. The number of alkyl carbamates (subject to hydrolysis) is 1. The van der Waals surface area contributed by atoms with Crippen molar-refractivity contribution >= 4 is 6.09 Å². The highest BCUT2D eigenvalue weighted by Crippen LogP contribution is 2.49. The van der Waals surface area contributed by atoms with E-state index in [9.17, 15) is 4.79 Å². The third kappa shape index (κ3) is 2.67. The molecule has 4 heteroatoms. The maximum atomic E-state index is 12.0. The van der Waals surface area contributed by atoms with Crippen LogP contribution in [0.5, 0.6) is 0 Å². The molecule has 0 fully saturated rings. The van der Waals surface area contributed by atoms with Gasteiger partial charge in [0.05, 0.1) is 12.6 Å². The van der Waals surface area contributed by atoms with E-state index >= 15 is 0 Å². The normalized spacial score (nSPS) is 26.7. The number of pyridine rings is 1. The molecule has 1 N–H and O–H groups in total. The lowest BCUT2D eigenvalue weighted by atomic mass is 9.63. The molecule has 0 unspecified atom stereocenters. The molecule has 0 aromatic carbocycles. The highest BCUT2D eigenvalue weighted by Gasteiger charge is 2.48. The van der Waals surface area contributed by atoms with Crippen molar-refractivity contribution < 1.29 is 9.53 Å². The predicted octanol–water partition coefficient (Wildman–Crippen LogP) is 4.05. The number of nitrogens with zero attached hydrogens (tertiary/aromatic N) is 1. The van der Waals surface area contributed by atoms with Crippen molar-refractivity contribution in [3.05, 3.63) is 52.4 Å². The van der Waals surface area contributed by atoms with E-state index < -0.39 is 11.6 Å².